The summed E-state index contributed by atoms with van der Waals surface area (Å²) in [5, 5.41) is 11.2. The molecule has 0 radical (unpaired) electrons. The first kappa shape index (κ1) is 34.5. The maximum Gasteiger partial charge on any atom is 0.243 e. The van der Waals surface area contributed by atoms with Crippen LogP contribution in [0.3, 0.4) is 0 Å². The number of epoxide rings is 1. The molecule has 0 aliphatic carbocycles. The van der Waals surface area contributed by atoms with Crippen molar-refractivity contribution >= 4 is 29.4 Å². The predicted octanol–water partition coefficient (Wildman–Crippen LogP) is 2.49. The summed E-state index contributed by atoms with van der Waals surface area (Å²) in [6.45, 7) is 19.0. The molecule has 10 heteroatoms. The van der Waals surface area contributed by atoms with Gasteiger partial charge in [0.1, 0.15) is 23.7 Å². The molecule has 0 aromatic heterocycles. The number of hydrogen-bond donors (Lipinski definition) is 4. The van der Waals surface area contributed by atoms with Crippen LogP contribution in [0, 0.1) is 23.7 Å². The van der Waals surface area contributed by atoms with E-state index in [0.29, 0.717) is 32.3 Å². The van der Waals surface area contributed by atoms with Crippen LogP contribution in [0.4, 0.5) is 0 Å². The van der Waals surface area contributed by atoms with Crippen molar-refractivity contribution in [3.8, 4) is 0 Å². The van der Waals surface area contributed by atoms with Gasteiger partial charge >= 0.3 is 0 Å². The molecule has 1 fully saturated rings. The first-order valence-corrected chi connectivity index (χ1v) is 14.3. The highest BCUT2D eigenvalue weighted by atomic mass is 16.6. The van der Waals surface area contributed by atoms with Crippen molar-refractivity contribution in [2.24, 2.45) is 23.7 Å². The molecule has 1 rings (SSSR count). The molecule has 1 saturated heterocycles. The monoisotopic (exact) mass is 552 g/mol. The van der Waals surface area contributed by atoms with E-state index in [9.17, 15) is 24.0 Å². The second-order valence-electron chi connectivity index (χ2n) is 12.8. The molecule has 0 aromatic rings. The number of carbonyl (C=O) groups excluding carboxylic acids is 5. The van der Waals surface area contributed by atoms with Crippen LogP contribution in [0.2, 0.25) is 0 Å². The zero-order chi connectivity index (χ0) is 30.1. The quantitative estimate of drug-likeness (QED) is 0.204. The van der Waals surface area contributed by atoms with Gasteiger partial charge in [-0.25, -0.2) is 0 Å². The average molecular weight is 553 g/mol. The lowest BCUT2D eigenvalue weighted by Crippen LogP contribution is -2.58. The van der Waals surface area contributed by atoms with Crippen molar-refractivity contribution in [1.29, 1.82) is 0 Å². The summed E-state index contributed by atoms with van der Waals surface area (Å²) in [6, 6.07) is -3.28. The average Bonchev–Trinajstić information content (AvgIpc) is 3.53. The molecule has 5 atom stereocenters. The maximum atomic E-state index is 13.5. The number of rotatable bonds is 17. The van der Waals surface area contributed by atoms with Crippen LogP contribution in [-0.2, 0) is 28.7 Å². The maximum absolute atomic E-state index is 13.5. The van der Waals surface area contributed by atoms with Crippen LogP contribution in [0.25, 0.3) is 0 Å². The fourth-order valence-corrected chi connectivity index (χ4v) is 4.49. The number of carbonyl (C=O) groups is 5. The van der Waals surface area contributed by atoms with Gasteiger partial charge in [0, 0.05) is 6.92 Å². The standard InChI is InChI=1S/C29H52N4O6/c1-16(2)11-21(25(35)29(10)15-39-29)31-27(37)23(13-18(5)6)33-28(38)24(14-19(7)8)32-26(36)22(12-17(3)4)30-20(9)34/h16-19,21-24H,11-15H2,1-10H3,(H,30,34)(H,31,37)(H,32,36)(H,33,38)/t21-,22-,23-,24-,29-/m0/s1. The second kappa shape index (κ2) is 15.3. The second-order valence-corrected chi connectivity index (χ2v) is 12.8. The normalized spacial score (nSPS) is 19.8. The summed E-state index contributed by atoms with van der Waals surface area (Å²) in [5.41, 5.74) is -0.878. The molecule has 1 aliphatic rings. The van der Waals surface area contributed by atoms with Crippen molar-refractivity contribution in [3.63, 3.8) is 0 Å². The van der Waals surface area contributed by atoms with E-state index in [1.54, 1.807) is 6.92 Å². The van der Waals surface area contributed by atoms with Crippen molar-refractivity contribution in [2.45, 2.75) is 125 Å². The smallest absolute Gasteiger partial charge is 0.243 e. The molecular formula is C29H52N4O6. The van der Waals surface area contributed by atoms with Crippen molar-refractivity contribution in [2.75, 3.05) is 6.61 Å². The molecule has 0 unspecified atom stereocenters. The van der Waals surface area contributed by atoms with Gasteiger partial charge in [0.15, 0.2) is 5.78 Å². The lowest BCUT2D eigenvalue weighted by Gasteiger charge is -2.28. The third kappa shape index (κ3) is 12.5. The van der Waals surface area contributed by atoms with Gasteiger partial charge < -0.3 is 26.0 Å². The molecular weight excluding hydrogens is 500 g/mol. The first-order chi connectivity index (χ1) is 17.9. The molecule has 224 valence electrons. The summed E-state index contributed by atoms with van der Waals surface area (Å²) < 4.78 is 5.33. The Hall–Kier alpha value is -2.49. The van der Waals surface area contributed by atoms with E-state index in [4.69, 9.17) is 4.74 Å². The number of nitrogens with one attached hydrogen (secondary N) is 4. The highest BCUT2D eigenvalue weighted by molar-refractivity contribution is 5.98. The lowest BCUT2D eigenvalue weighted by atomic mass is 9.92. The van der Waals surface area contributed by atoms with Crippen LogP contribution in [0.5, 0.6) is 0 Å². The number of ketones is 1. The third-order valence-corrected chi connectivity index (χ3v) is 6.52. The fourth-order valence-electron chi connectivity index (χ4n) is 4.49. The lowest BCUT2D eigenvalue weighted by molar-refractivity contribution is -0.135. The van der Waals surface area contributed by atoms with Gasteiger partial charge in [-0.1, -0.05) is 55.4 Å². The molecule has 1 aliphatic heterocycles. The Bertz CT molecular complexity index is 866. The SMILES string of the molecule is CC(=O)N[C@@H](CC(C)C)C(=O)N[C@@H](CC(C)C)C(=O)N[C@@H](CC(C)C)C(=O)N[C@@H](CC(C)C)C(=O)[C@]1(C)CO1. The van der Waals surface area contributed by atoms with Crippen LogP contribution in [0.1, 0.15) is 94.9 Å². The van der Waals surface area contributed by atoms with E-state index in [1.165, 1.54) is 6.92 Å². The predicted molar refractivity (Wildman–Crippen MR) is 151 cm³/mol. The van der Waals surface area contributed by atoms with Gasteiger partial charge in [0.05, 0.1) is 12.6 Å². The Morgan fingerprint density at radius 1 is 0.590 bits per heavy atom. The topological polar surface area (TPSA) is 146 Å². The van der Waals surface area contributed by atoms with Crippen LogP contribution < -0.4 is 21.3 Å². The van der Waals surface area contributed by atoms with Gasteiger partial charge in [-0.3, -0.25) is 24.0 Å². The van der Waals surface area contributed by atoms with Gasteiger partial charge in [0.25, 0.3) is 0 Å². The summed E-state index contributed by atoms with van der Waals surface area (Å²) in [6.07, 6.45) is 1.59. The van der Waals surface area contributed by atoms with E-state index < -0.39 is 47.5 Å². The van der Waals surface area contributed by atoms with E-state index in [2.05, 4.69) is 21.3 Å². The van der Waals surface area contributed by atoms with Gasteiger partial charge in [0.2, 0.25) is 23.6 Å². The van der Waals surface area contributed by atoms with E-state index >= 15 is 0 Å². The molecule has 0 aromatic carbocycles. The summed E-state index contributed by atoms with van der Waals surface area (Å²) in [7, 11) is 0. The van der Waals surface area contributed by atoms with Crippen LogP contribution in [-0.4, -0.2) is 65.8 Å². The Morgan fingerprint density at radius 2 is 0.872 bits per heavy atom. The van der Waals surface area contributed by atoms with E-state index in [0.717, 1.165) is 0 Å². The Kier molecular flexibility index (Phi) is 13.6. The number of hydrogen-bond acceptors (Lipinski definition) is 6. The highest BCUT2D eigenvalue weighted by Gasteiger charge is 2.50. The Morgan fingerprint density at radius 3 is 1.15 bits per heavy atom. The molecule has 4 amide bonds. The Labute approximate surface area is 234 Å². The molecule has 1 heterocycles. The van der Waals surface area contributed by atoms with Gasteiger partial charge in [-0.15, -0.1) is 0 Å². The minimum Gasteiger partial charge on any atom is -0.361 e. The zero-order valence-corrected chi connectivity index (χ0v) is 25.6. The van der Waals surface area contributed by atoms with E-state index in [-0.39, 0.29) is 35.4 Å². The number of Topliss-reactive ketones (excluding diaryl/α,β-unsaturated/α-hetero) is 1. The van der Waals surface area contributed by atoms with Gasteiger partial charge in [-0.2, -0.15) is 0 Å². The highest BCUT2D eigenvalue weighted by Crippen LogP contribution is 2.29. The zero-order valence-electron chi connectivity index (χ0n) is 25.6. The van der Waals surface area contributed by atoms with Crippen LogP contribution >= 0.6 is 0 Å². The third-order valence-electron chi connectivity index (χ3n) is 6.52. The molecule has 10 nitrogen and oxygen atoms in total. The van der Waals surface area contributed by atoms with Crippen molar-refractivity contribution in [3.05, 3.63) is 0 Å². The summed E-state index contributed by atoms with van der Waals surface area (Å²) in [4.78, 5) is 64.7. The number of amides is 4. The number of ether oxygens (including phenoxy) is 1. The fraction of sp³-hybridized carbons (Fsp3) is 0.828. The minimum atomic E-state index is -0.893. The van der Waals surface area contributed by atoms with Crippen molar-refractivity contribution < 1.29 is 28.7 Å². The largest absolute Gasteiger partial charge is 0.361 e. The minimum absolute atomic E-state index is 0.0788. The summed E-state index contributed by atoms with van der Waals surface area (Å²) in [5.74, 6) is -1.39. The Balaban J connectivity index is 3.10. The summed E-state index contributed by atoms with van der Waals surface area (Å²) >= 11 is 0. The molecule has 39 heavy (non-hydrogen) atoms. The molecule has 0 bridgehead atoms. The molecule has 0 saturated carbocycles. The molecule has 4 N–H and O–H groups in total. The molecule has 0 spiro atoms. The van der Waals surface area contributed by atoms with Crippen molar-refractivity contribution in [1.82, 2.24) is 21.3 Å². The first-order valence-electron chi connectivity index (χ1n) is 14.3. The van der Waals surface area contributed by atoms with E-state index in [1.807, 2.05) is 55.4 Å². The van der Waals surface area contributed by atoms with Crippen LogP contribution in [0.15, 0.2) is 0 Å². The van der Waals surface area contributed by atoms with Gasteiger partial charge in [-0.05, 0) is 56.3 Å².